The molecule has 10 heteroatoms. The standard InChI is InChI=1S/C19H29N3O6S/c23-16(12-22-17(24)19(20-18(22)25)7-2-1-3-8-19)21(11-15-5-4-9-28-15)14-6-10-29(26,27)13-14/h14-15H,1-13H2,(H,20,25). The average molecular weight is 428 g/mol. The second-order valence-corrected chi connectivity index (χ2v) is 10.9. The zero-order chi connectivity index (χ0) is 20.6. The minimum Gasteiger partial charge on any atom is -0.376 e. The Balaban J connectivity index is 1.48. The molecule has 4 amide bonds. The van der Waals surface area contributed by atoms with Crippen LogP contribution in [0.15, 0.2) is 0 Å². The molecule has 2 unspecified atom stereocenters. The summed E-state index contributed by atoms with van der Waals surface area (Å²) in [6.07, 6.45) is 5.96. The number of nitrogens with one attached hydrogen (secondary N) is 1. The lowest BCUT2D eigenvalue weighted by molar-refractivity contribution is -0.141. The molecule has 9 nitrogen and oxygen atoms in total. The minimum absolute atomic E-state index is 0.0548. The van der Waals surface area contributed by atoms with Crippen LogP contribution < -0.4 is 5.32 Å². The van der Waals surface area contributed by atoms with E-state index in [1.807, 2.05) is 0 Å². The van der Waals surface area contributed by atoms with Crippen LogP contribution in [-0.4, -0.2) is 84.9 Å². The molecule has 1 saturated carbocycles. The number of carbonyl (C=O) groups is 3. The molecule has 3 aliphatic heterocycles. The second-order valence-electron chi connectivity index (χ2n) is 8.70. The molecular weight excluding hydrogens is 398 g/mol. The van der Waals surface area contributed by atoms with Gasteiger partial charge in [-0.1, -0.05) is 19.3 Å². The third-order valence-corrected chi connectivity index (χ3v) is 8.39. The normalized spacial score (nSPS) is 30.7. The van der Waals surface area contributed by atoms with Crippen LogP contribution in [0.1, 0.15) is 51.4 Å². The zero-order valence-corrected chi connectivity index (χ0v) is 17.4. The van der Waals surface area contributed by atoms with Gasteiger partial charge in [0.2, 0.25) is 5.91 Å². The van der Waals surface area contributed by atoms with E-state index in [0.29, 0.717) is 32.4 Å². The zero-order valence-electron chi connectivity index (χ0n) is 16.6. The van der Waals surface area contributed by atoms with Crippen LogP contribution in [-0.2, 0) is 24.2 Å². The van der Waals surface area contributed by atoms with E-state index in [2.05, 4.69) is 5.32 Å². The summed E-state index contributed by atoms with van der Waals surface area (Å²) in [4.78, 5) is 41.2. The lowest BCUT2D eigenvalue weighted by Crippen LogP contribution is -2.51. The van der Waals surface area contributed by atoms with Crippen molar-refractivity contribution in [3.63, 3.8) is 0 Å². The maximum absolute atomic E-state index is 13.1. The van der Waals surface area contributed by atoms with Gasteiger partial charge in [-0.2, -0.15) is 0 Å². The van der Waals surface area contributed by atoms with Crippen molar-refractivity contribution in [2.24, 2.45) is 0 Å². The first-order valence-corrected chi connectivity index (χ1v) is 12.4. The molecule has 4 fully saturated rings. The van der Waals surface area contributed by atoms with Crippen molar-refractivity contribution in [3.8, 4) is 0 Å². The van der Waals surface area contributed by atoms with Crippen molar-refractivity contribution >= 4 is 27.7 Å². The van der Waals surface area contributed by atoms with E-state index >= 15 is 0 Å². The van der Waals surface area contributed by atoms with E-state index < -0.39 is 27.4 Å². The van der Waals surface area contributed by atoms with Crippen LogP contribution in [0.2, 0.25) is 0 Å². The second kappa shape index (κ2) is 7.86. The smallest absolute Gasteiger partial charge is 0.325 e. The number of urea groups is 1. The number of amides is 4. The monoisotopic (exact) mass is 427 g/mol. The summed E-state index contributed by atoms with van der Waals surface area (Å²) in [6, 6.07) is -0.956. The first-order chi connectivity index (χ1) is 13.8. The Bertz CT molecular complexity index is 786. The van der Waals surface area contributed by atoms with Gasteiger partial charge in [0.1, 0.15) is 12.1 Å². The van der Waals surface area contributed by atoms with E-state index in [-0.39, 0.29) is 36.0 Å². The number of hydrogen-bond acceptors (Lipinski definition) is 6. The van der Waals surface area contributed by atoms with Crippen LogP contribution in [0.3, 0.4) is 0 Å². The van der Waals surface area contributed by atoms with Crippen molar-refractivity contribution in [3.05, 3.63) is 0 Å². The fourth-order valence-corrected chi connectivity index (χ4v) is 6.75. The van der Waals surface area contributed by atoms with Gasteiger partial charge in [0.15, 0.2) is 9.84 Å². The van der Waals surface area contributed by atoms with Crippen LogP contribution in [0.4, 0.5) is 4.79 Å². The van der Waals surface area contributed by atoms with E-state index in [1.165, 1.54) is 4.90 Å². The number of carbonyl (C=O) groups excluding carboxylic acids is 3. The molecule has 0 aromatic heterocycles. The largest absolute Gasteiger partial charge is 0.376 e. The number of nitrogens with zero attached hydrogens (tertiary/aromatic N) is 2. The highest BCUT2D eigenvalue weighted by molar-refractivity contribution is 7.91. The molecule has 0 aromatic carbocycles. The van der Waals surface area contributed by atoms with Crippen molar-refractivity contribution in [2.75, 3.05) is 31.2 Å². The van der Waals surface area contributed by atoms with Gasteiger partial charge in [0.25, 0.3) is 5.91 Å². The Morgan fingerprint density at radius 1 is 1.17 bits per heavy atom. The number of rotatable bonds is 5. The third-order valence-electron chi connectivity index (χ3n) is 6.64. The van der Waals surface area contributed by atoms with Gasteiger partial charge in [-0.15, -0.1) is 0 Å². The molecule has 4 aliphatic rings. The molecule has 29 heavy (non-hydrogen) atoms. The summed E-state index contributed by atoms with van der Waals surface area (Å²) in [5, 5.41) is 2.82. The van der Waals surface area contributed by atoms with Gasteiger partial charge in [0.05, 0.1) is 17.6 Å². The quantitative estimate of drug-likeness (QED) is 0.637. The van der Waals surface area contributed by atoms with Gasteiger partial charge in [-0.3, -0.25) is 14.5 Å². The van der Waals surface area contributed by atoms with Crippen LogP contribution in [0.5, 0.6) is 0 Å². The first kappa shape index (κ1) is 20.6. The summed E-state index contributed by atoms with van der Waals surface area (Å²) in [5.41, 5.74) is -0.869. The number of ether oxygens (including phenoxy) is 1. The molecule has 4 rings (SSSR count). The Hall–Kier alpha value is -1.68. The highest BCUT2D eigenvalue weighted by Gasteiger charge is 2.52. The van der Waals surface area contributed by atoms with Gasteiger partial charge < -0.3 is 15.0 Å². The Morgan fingerprint density at radius 2 is 1.93 bits per heavy atom. The van der Waals surface area contributed by atoms with E-state index in [9.17, 15) is 22.8 Å². The molecule has 0 radical (unpaired) electrons. The predicted octanol–water partition coefficient (Wildman–Crippen LogP) is 0.436. The van der Waals surface area contributed by atoms with Crippen molar-refractivity contribution in [2.45, 2.75) is 69.1 Å². The van der Waals surface area contributed by atoms with E-state index in [4.69, 9.17) is 4.74 Å². The summed E-state index contributed by atoms with van der Waals surface area (Å²) in [7, 11) is -3.17. The summed E-state index contributed by atoms with van der Waals surface area (Å²) in [5.74, 6) is -0.736. The Morgan fingerprint density at radius 3 is 2.55 bits per heavy atom. The molecule has 2 atom stereocenters. The van der Waals surface area contributed by atoms with Crippen molar-refractivity contribution in [1.29, 1.82) is 0 Å². The first-order valence-electron chi connectivity index (χ1n) is 10.6. The molecular formula is C19H29N3O6S. The molecule has 0 bridgehead atoms. The maximum Gasteiger partial charge on any atom is 0.325 e. The van der Waals surface area contributed by atoms with Crippen LogP contribution in [0, 0.1) is 0 Å². The molecule has 1 N–H and O–H groups in total. The lowest BCUT2D eigenvalue weighted by atomic mass is 9.82. The predicted molar refractivity (Wildman–Crippen MR) is 104 cm³/mol. The molecule has 1 aliphatic carbocycles. The topological polar surface area (TPSA) is 113 Å². The van der Waals surface area contributed by atoms with Gasteiger partial charge >= 0.3 is 6.03 Å². The van der Waals surface area contributed by atoms with E-state index in [0.717, 1.165) is 37.0 Å². The van der Waals surface area contributed by atoms with Gasteiger partial charge in [-0.25, -0.2) is 13.2 Å². The van der Waals surface area contributed by atoms with Gasteiger partial charge in [-0.05, 0) is 32.1 Å². The van der Waals surface area contributed by atoms with Crippen molar-refractivity contribution in [1.82, 2.24) is 15.1 Å². The summed E-state index contributed by atoms with van der Waals surface area (Å²) >= 11 is 0. The Labute approximate surface area is 171 Å². The maximum atomic E-state index is 13.1. The molecule has 0 aromatic rings. The summed E-state index contributed by atoms with van der Waals surface area (Å²) in [6.45, 7) is 0.578. The summed E-state index contributed by atoms with van der Waals surface area (Å²) < 4.78 is 29.6. The van der Waals surface area contributed by atoms with E-state index in [1.54, 1.807) is 0 Å². The SMILES string of the molecule is O=C1NC2(CCCCC2)C(=O)N1CC(=O)N(CC1CCCO1)C1CCS(=O)(=O)C1. The number of imide groups is 1. The van der Waals surface area contributed by atoms with Crippen LogP contribution >= 0.6 is 0 Å². The lowest BCUT2D eigenvalue weighted by Gasteiger charge is -2.32. The fourth-order valence-electron chi connectivity index (χ4n) is 5.02. The fraction of sp³-hybridized carbons (Fsp3) is 0.842. The molecule has 1 spiro atoms. The van der Waals surface area contributed by atoms with Crippen LogP contribution in [0.25, 0.3) is 0 Å². The number of sulfone groups is 1. The molecule has 3 saturated heterocycles. The molecule has 162 valence electrons. The Kier molecular flexibility index (Phi) is 5.58. The molecule has 3 heterocycles. The van der Waals surface area contributed by atoms with Gasteiger partial charge in [0, 0.05) is 19.2 Å². The van der Waals surface area contributed by atoms with Crippen molar-refractivity contribution < 1.29 is 27.5 Å². The minimum atomic E-state index is -3.17. The highest BCUT2D eigenvalue weighted by Crippen LogP contribution is 2.33. The highest BCUT2D eigenvalue weighted by atomic mass is 32.2. The average Bonchev–Trinajstić information content (AvgIpc) is 3.37. The number of hydrogen-bond donors (Lipinski definition) is 1. The third kappa shape index (κ3) is 4.14.